The Labute approximate surface area is 447 Å². The van der Waals surface area contributed by atoms with Crippen LogP contribution in [-0.4, -0.2) is 186 Å². The molecule has 0 unspecified atom stereocenters. The molecule has 0 spiro atoms. The highest BCUT2D eigenvalue weighted by atomic mass is 33.1. The third-order valence-electron chi connectivity index (χ3n) is 12.7. The molecule has 2 saturated heterocycles. The number of ether oxygens (including phenoxy) is 2. The summed E-state index contributed by atoms with van der Waals surface area (Å²) in [5.41, 5.74) is 16.0. The Kier molecular flexibility index (Phi) is 17.8. The van der Waals surface area contributed by atoms with E-state index < -0.39 is 127 Å². The number of fused-ring (bicyclic) bond motifs is 5. The van der Waals surface area contributed by atoms with Gasteiger partial charge in [0.05, 0.1) is 47.9 Å². The Morgan fingerprint density at radius 3 is 2.29 bits per heavy atom. The maximum absolute atomic E-state index is 13.9. The minimum Gasteiger partial charge on any atom is -0.481 e. The number of rotatable bonds is 27. The minimum absolute atomic E-state index is 0.00973. The predicted molar refractivity (Wildman–Crippen MR) is 273 cm³/mol. The Balaban J connectivity index is 0.820. The Morgan fingerprint density at radius 1 is 0.923 bits per heavy atom. The number of anilines is 2. The number of hydrogen-bond acceptors (Lipinski definition) is 24. The lowest BCUT2D eigenvalue weighted by molar-refractivity contribution is -0.151. The number of methoxy groups -OCH3 is 1. The Morgan fingerprint density at radius 2 is 1.63 bits per heavy atom. The van der Waals surface area contributed by atoms with E-state index in [1.54, 1.807) is 4.90 Å². The first-order chi connectivity index (χ1) is 37.0. The molecule has 3 aliphatic heterocycles. The molecule has 7 rings (SSSR count). The number of nitrogen functional groups attached to an aromatic ring is 1. The molecule has 2 aromatic heterocycles. The lowest BCUT2D eigenvalue weighted by Gasteiger charge is -2.38. The van der Waals surface area contributed by atoms with Gasteiger partial charge >= 0.3 is 24.0 Å². The lowest BCUT2D eigenvalue weighted by Crippen LogP contribution is -2.58. The monoisotopic (exact) mass is 1120 g/mol. The van der Waals surface area contributed by atoms with Crippen LogP contribution in [0.2, 0.25) is 0 Å². The molecule has 1 aromatic carbocycles. The first-order valence-corrected chi connectivity index (χ1v) is 26.1. The van der Waals surface area contributed by atoms with E-state index in [0.29, 0.717) is 17.9 Å². The molecule has 31 nitrogen and oxygen atoms in total. The van der Waals surface area contributed by atoms with Gasteiger partial charge < -0.3 is 84.1 Å². The number of carbonyl (C=O) groups excluding carboxylic acids is 7. The van der Waals surface area contributed by atoms with Crippen molar-refractivity contribution >= 4 is 104 Å². The third kappa shape index (κ3) is 12.7. The van der Waals surface area contributed by atoms with Crippen LogP contribution in [0.1, 0.15) is 42.2 Å². The van der Waals surface area contributed by atoms with Gasteiger partial charge in [-0.1, -0.05) is 21.6 Å². The number of ketones is 2. The summed E-state index contributed by atoms with van der Waals surface area (Å²) in [6.45, 7) is 1.45. The molecule has 1 aliphatic carbocycles. The first kappa shape index (κ1) is 57.3. The SMILES string of the molecule is CO[C@@]12[C@H](OC(N)=O)C3=C(C(=O)C(C)=C(NCCSSC[C@@H](NC(=O)[C@@H](CC(=O)O)NC(=O)[C@H](N)CNC(=O)CC[C@@H](NC(=O)c4ccc(NCc5cnc6nc(N)[nH]c(=O)c6n5)cc4)C(=O)O)C(=O)O)C3=O)N1C[C@@H]1N[C@@H]12. The van der Waals surface area contributed by atoms with E-state index in [4.69, 9.17) is 26.7 Å². The summed E-state index contributed by atoms with van der Waals surface area (Å²) < 4.78 is 11.3. The molecular weight excluding hydrogens is 1070 g/mol. The summed E-state index contributed by atoms with van der Waals surface area (Å²) in [6, 6.07) is -1.02. The van der Waals surface area contributed by atoms with Crippen LogP contribution in [0.3, 0.4) is 0 Å². The molecular formula is C45H53N15O16S2. The maximum atomic E-state index is 13.9. The average molecular weight is 1120 g/mol. The predicted octanol–water partition coefficient (Wildman–Crippen LogP) is -4.03. The Bertz CT molecular complexity index is 3090. The van der Waals surface area contributed by atoms with Crippen molar-refractivity contribution in [2.75, 3.05) is 49.3 Å². The molecule has 0 saturated carbocycles. The minimum atomic E-state index is -1.82. The summed E-state index contributed by atoms with van der Waals surface area (Å²) in [5.74, 6) is -9.55. The summed E-state index contributed by atoms with van der Waals surface area (Å²) in [4.78, 5) is 156. The van der Waals surface area contributed by atoms with E-state index in [9.17, 15) is 68.1 Å². The van der Waals surface area contributed by atoms with Gasteiger partial charge in [0.15, 0.2) is 23.0 Å². The molecule has 33 heteroatoms. The third-order valence-corrected chi connectivity index (χ3v) is 15.1. The molecule has 17 N–H and O–H groups in total. The normalized spacial score (nSPS) is 20.6. The largest absolute Gasteiger partial charge is 0.481 e. The van der Waals surface area contributed by atoms with Gasteiger partial charge in [-0.2, -0.15) is 4.98 Å². The molecule has 416 valence electrons. The number of primary amides is 1. The van der Waals surface area contributed by atoms with Crippen LogP contribution in [0.5, 0.6) is 0 Å². The highest BCUT2D eigenvalue weighted by Gasteiger charge is 2.74. The number of carboxylic acids is 3. The number of H-pyrrole nitrogens is 1. The van der Waals surface area contributed by atoms with Crippen molar-refractivity contribution < 1.29 is 72.7 Å². The number of carboxylic acid groups (broad SMARTS) is 3. The van der Waals surface area contributed by atoms with Crippen LogP contribution in [0, 0.1) is 0 Å². The summed E-state index contributed by atoms with van der Waals surface area (Å²) >= 11 is 0. The zero-order chi connectivity index (χ0) is 56.7. The number of piperazine rings is 1. The number of aromatic amines is 1. The summed E-state index contributed by atoms with van der Waals surface area (Å²) in [6.07, 6.45) is -2.92. The van der Waals surface area contributed by atoms with Gasteiger partial charge in [-0.25, -0.2) is 24.4 Å². The van der Waals surface area contributed by atoms with E-state index >= 15 is 0 Å². The smallest absolute Gasteiger partial charge is 0.405 e. The van der Waals surface area contributed by atoms with E-state index in [-0.39, 0.29) is 81.9 Å². The fraction of sp³-hybridized carbons (Fsp3) is 0.422. The van der Waals surface area contributed by atoms with Crippen LogP contribution in [0.15, 0.2) is 57.8 Å². The Hall–Kier alpha value is -8.40. The van der Waals surface area contributed by atoms with Crippen molar-refractivity contribution in [1.29, 1.82) is 0 Å². The number of hydrogen-bond donors (Lipinski definition) is 14. The van der Waals surface area contributed by atoms with Crippen LogP contribution in [-0.2, 0) is 54.4 Å². The topological polar surface area (TPSA) is 497 Å². The van der Waals surface area contributed by atoms with Gasteiger partial charge in [0.1, 0.15) is 24.2 Å². The maximum Gasteiger partial charge on any atom is 0.405 e. The van der Waals surface area contributed by atoms with Gasteiger partial charge in [-0.3, -0.25) is 43.3 Å². The van der Waals surface area contributed by atoms with E-state index in [0.717, 1.165) is 21.6 Å². The summed E-state index contributed by atoms with van der Waals surface area (Å²) in [7, 11) is 3.50. The van der Waals surface area contributed by atoms with Crippen molar-refractivity contribution in [2.24, 2.45) is 11.5 Å². The fourth-order valence-electron chi connectivity index (χ4n) is 8.85. The van der Waals surface area contributed by atoms with Gasteiger partial charge in [0.25, 0.3) is 11.5 Å². The van der Waals surface area contributed by atoms with Crippen molar-refractivity contribution in [3.63, 3.8) is 0 Å². The quantitative estimate of drug-likeness (QED) is 0.0150. The van der Waals surface area contributed by atoms with Crippen molar-refractivity contribution in [1.82, 2.24) is 56.7 Å². The van der Waals surface area contributed by atoms with Crippen LogP contribution in [0.25, 0.3) is 11.2 Å². The molecule has 3 aromatic rings. The number of nitrogens with zero attached hydrogens (tertiary/aromatic N) is 4. The second-order valence-corrected chi connectivity index (χ2v) is 20.5. The highest BCUT2D eigenvalue weighted by Crippen LogP contribution is 2.53. The number of nitrogens with two attached hydrogens (primary N) is 3. The number of nitrogens with one attached hydrogen (secondary N) is 8. The van der Waals surface area contributed by atoms with Gasteiger partial charge in [-0.15, -0.1) is 0 Å². The standard InChI is InChI=1S/C45H53N15O16S2/c1-17-29(33(65)28-31(32(17)64)60-15-24-34(54-24)45(60,75-2)35(28)76-44(48)74)49-9-10-77-78-16-25(42(72)73)57-39(68)23(11-27(62)63)56-38(67)21(46)14-51-26(61)8-7-22(41(70)71)55-37(66)18-3-5-19(6-4-18)50-12-20-13-52-36-30(53-20)40(69)59-43(47)58-36/h3-6,13,21-25,34-35,49-50,54H,7-12,14-16,46H2,1-2H3,(H2,48,74)(H,51,61)(H,55,66)(H,56,67)(H,57,68)(H,62,63)(H,70,71)(H,72,73)(H3,47,52,58,59,69)/t21-,22-,23-,24+,25-,34+,35-,45+/m1/s1. The number of allylic oxidation sites excluding steroid dienone is 2. The van der Waals surface area contributed by atoms with E-state index in [2.05, 4.69) is 57.2 Å². The lowest BCUT2D eigenvalue weighted by atomic mass is 9.88. The van der Waals surface area contributed by atoms with Gasteiger partial charge in [0, 0.05) is 67.5 Å². The molecule has 0 radical (unpaired) electrons. The fourth-order valence-corrected chi connectivity index (χ4v) is 10.9. The van der Waals surface area contributed by atoms with Crippen LogP contribution in [0.4, 0.5) is 16.4 Å². The first-order valence-electron chi connectivity index (χ1n) is 23.6. The van der Waals surface area contributed by atoms with E-state index in [1.807, 2.05) is 0 Å². The molecule has 8 atom stereocenters. The molecule has 5 heterocycles. The zero-order valence-electron chi connectivity index (χ0n) is 41.3. The number of Topliss-reactive ketones (excluding diaryl/α,β-unsaturated/α-hetero) is 2. The number of aliphatic carboxylic acids is 3. The second kappa shape index (κ2) is 24.3. The summed E-state index contributed by atoms with van der Waals surface area (Å²) in [5, 5.41) is 47.3. The van der Waals surface area contributed by atoms with Crippen LogP contribution >= 0.6 is 21.6 Å². The van der Waals surface area contributed by atoms with Crippen molar-refractivity contribution in [3.8, 4) is 0 Å². The average Bonchev–Trinajstić information content (AvgIpc) is 2.75. The van der Waals surface area contributed by atoms with Crippen molar-refractivity contribution in [3.05, 3.63) is 74.6 Å². The highest BCUT2D eigenvalue weighted by molar-refractivity contribution is 8.76. The molecule has 0 bridgehead atoms. The number of benzene rings is 1. The number of amides is 5. The van der Waals surface area contributed by atoms with Crippen molar-refractivity contribution in [2.45, 2.75) is 80.8 Å². The second-order valence-electron chi connectivity index (χ2n) is 17.9. The molecule has 2 fully saturated rings. The zero-order valence-corrected chi connectivity index (χ0v) is 42.9. The van der Waals surface area contributed by atoms with Gasteiger partial charge in [-0.05, 0) is 37.6 Å². The van der Waals surface area contributed by atoms with E-state index in [1.165, 1.54) is 44.5 Å². The molecule has 4 aliphatic rings. The van der Waals surface area contributed by atoms with Gasteiger partial charge in [0.2, 0.25) is 35.2 Å². The molecule has 78 heavy (non-hydrogen) atoms. The number of aromatic nitrogens is 4. The number of carbonyl (C=O) groups is 10. The molecule has 5 amide bonds. The van der Waals surface area contributed by atoms with Crippen LogP contribution < -0.4 is 60.0 Å².